The molecule has 1 fully saturated rings. The van der Waals surface area contributed by atoms with Crippen molar-refractivity contribution in [2.24, 2.45) is 5.92 Å². The SMILES string of the molecule is CCc1ccc(NC(=O)[C@@H]2CCCN(c3nc(C)nc4onc(C)c34)C2)cc1. The molecule has 2 aromatic heterocycles. The first-order valence-electron chi connectivity index (χ1n) is 9.80. The highest BCUT2D eigenvalue weighted by atomic mass is 16.5. The minimum absolute atomic E-state index is 0.0537. The van der Waals surface area contributed by atoms with Crippen molar-refractivity contribution in [1.82, 2.24) is 15.1 Å². The second kappa shape index (κ2) is 7.58. The van der Waals surface area contributed by atoms with Crippen LogP contribution in [0.3, 0.4) is 0 Å². The van der Waals surface area contributed by atoms with Gasteiger partial charge in [-0.1, -0.05) is 24.2 Å². The van der Waals surface area contributed by atoms with E-state index in [0.29, 0.717) is 18.1 Å². The number of piperidine rings is 1. The van der Waals surface area contributed by atoms with Crippen molar-refractivity contribution >= 4 is 28.5 Å². The van der Waals surface area contributed by atoms with Crippen molar-refractivity contribution in [3.63, 3.8) is 0 Å². The van der Waals surface area contributed by atoms with Gasteiger partial charge in [-0.3, -0.25) is 4.79 Å². The highest BCUT2D eigenvalue weighted by Crippen LogP contribution is 2.30. The maximum Gasteiger partial charge on any atom is 0.263 e. The fraction of sp³-hybridized carbons (Fsp3) is 0.429. The number of carbonyl (C=O) groups is 1. The Balaban J connectivity index is 1.53. The number of benzene rings is 1. The Labute approximate surface area is 164 Å². The molecule has 3 aromatic rings. The van der Waals surface area contributed by atoms with Crippen molar-refractivity contribution in [1.29, 1.82) is 0 Å². The molecule has 1 N–H and O–H groups in total. The van der Waals surface area contributed by atoms with Crippen LogP contribution in [-0.2, 0) is 11.2 Å². The Morgan fingerprint density at radius 2 is 2.04 bits per heavy atom. The molecule has 0 unspecified atom stereocenters. The number of amides is 1. The van der Waals surface area contributed by atoms with Crippen molar-refractivity contribution in [3.05, 3.63) is 41.3 Å². The molecule has 1 aliphatic rings. The third-order valence-corrected chi connectivity index (χ3v) is 5.32. The molecule has 0 aliphatic carbocycles. The molecule has 4 rings (SSSR count). The van der Waals surface area contributed by atoms with Crippen molar-refractivity contribution in [2.45, 2.75) is 40.0 Å². The summed E-state index contributed by atoms with van der Waals surface area (Å²) in [7, 11) is 0. The molecule has 3 heterocycles. The topological polar surface area (TPSA) is 84.2 Å². The number of aryl methyl sites for hydroxylation is 3. The molecule has 1 amide bonds. The zero-order valence-electron chi connectivity index (χ0n) is 16.5. The molecular formula is C21H25N5O2. The summed E-state index contributed by atoms with van der Waals surface area (Å²) >= 11 is 0. The van der Waals surface area contributed by atoms with Crippen LogP contribution in [0.5, 0.6) is 0 Å². The van der Waals surface area contributed by atoms with Gasteiger partial charge in [0.05, 0.1) is 11.6 Å². The van der Waals surface area contributed by atoms with E-state index >= 15 is 0 Å². The minimum atomic E-state index is -0.0925. The average molecular weight is 379 g/mol. The molecule has 1 aliphatic heterocycles. The van der Waals surface area contributed by atoms with Gasteiger partial charge in [0.1, 0.15) is 17.0 Å². The van der Waals surface area contributed by atoms with Gasteiger partial charge in [-0.15, -0.1) is 0 Å². The number of nitrogens with zero attached hydrogens (tertiary/aromatic N) is 4. The van der Waals surface area contributed by atoms with Gasteiger partial charge in [0.25, 0.3) is 5.71 Å². The second-order valence-corrected chi connectivity index (χ2v) is 7.37. The lowest BCUT2D eigenvalue weighted by Crippen LogP contribution is -2.41. The lowest BCUT2D eigenvalue weighted by Gasteiger charge is -2.33. The van der Waals surface area contributed by atoms with E-state index in [1.165, 1.54) is 5.56 Å². The Morgan fingerprint density at radius 1 is 1.25 bits per heavy atom. The van der Waals surface area contributed by atoms with Crippen LogP contribution in [0, 0.1) is 19.8 Å². The van der Waals surface area contributed by atoms with E-state index in [1.807, 2.05) is 26.0 Å². The van der Waals surface area contributed by atoms with Gasteiger partial charge < -0.3 is 14.7 Å². The summed E-state index contributed by atoms with van der Waals surface area (Å²) in [6.07, 6.45) is 2.79. The van der Waals surface area contributed by atoms with Crippen LogP contribution < -0.4 is 10.2 Å². The fourth-order valence-electron chi connectivity index (χ4n) is 3.75. The van der Waals surface area contributed by atoms with E-state index < -0.39 is 0 Å². The molecule has 146 valence electrons. The quantitative estimate of drug-likeness (QED) is 0.745. The first-order valence-corrected chi connectivity index (χ1v) is 9.80. The summed E-state index contributed by atoms with van der Waals surface area (Å²) in [5.41, 5.74) is 3.37. The van der Waals surface area contributed by atoms with Crippen LogP contribution >= 0.6 is 0 Å². The normalized spacial score (nSPS) is 17.1. The number of hydrogen-bond acceptors (Lipinski definition) is 6. The van der Waals surface area contributed by atoms with Crippen LogP contribution in [0.25, 0.3) is 11.1 Å². The second-order valence-electron chi connectivity index (χ2n) is 7.37. The van der Waals surface area contributed by atoms with Crippen LogP contribution in [-0.4, -0.2) is 34.1 Å². The molecule has 1 atom stereocenters. The summed E-state index contributed by atoms with van der Waals surface area (Å²) in [6, 6.07) is 8.04. The molecule has 1 saturated heterocycles. The summed E-state index contributed by atoms with van der Waals surface area (Å²) < 4.78 is 5.33. The monoisotopic (exact) mass is 379 g/mol. The Hall–Kier alpha value is -2.96. The molecule has 1 aromatic carbocycles. The van der Waals surface area contributed by atoms with Crippen LogP contribution in [0.1, 0.15) is 36.8 Å². The molecule has 28 heavy (non-hydrogen) atoms. The van der Waals surface area contributed by atoms with Crippen LogP contribution in [0.4, 0.5) is 11.5 Å². The highest BCUT2D eigenvalue weighted by molar-refractivity contribution is 5.94. The molecule has 0 bridgehead atoms. The first kappa shape index (κ1) is 18.4. The average Bonchev–Trinajstić information content (AvgIpc) is 3.08. The summed E-state index contributed by atoms with van der Waals surface area (Å²) in [6.45, 7) is 7.32. The van der Waals surface area contributed by atoms with Gasteiger partial charge in [0.2, 0.25) is 5.91 Å². The predicted octanol–water partition coefficient (Wildman–Crippen LogP) is 3.65. The zero-order chi connectivity index (χ0) is 19.7. The number of rotatable bonds is 4. The van der Waals surface area contributed by atoms with Gasteiger partial charge in [-0.05, 0) is 50.8 Å². The van der Waals surface area contributed by atoms with E-state index in [0.717, 1.165) is 48.4 Å². The lowest BCUT2D eigenvalue weighted by molar-refractivity contribution is -0.120. The third kappa shape index (κ3) is 3.56. The van der Waals surface area contributed by atoms with E-state index in [9.17, 15) is 4.79 Å². The third-order valence-electron chi connectivity index (χ3n) is 5.32. The number of nitrogens with one attached hydrogen (secondary N) is 1. The number of fused-ring (bicyclic) bond motifs is 1. The van der Waals surface area contributed by atoms with E-state index in [2.05, 4.69) is 44.4 Å². The minimum Gasteiger partial charge on any atom is -0.355 e. The zero-order valence-corrected chi connectivity index (χ0v) is 16.5. The summed E-state index contributed by atoms with van der Waals surface area (Å²) in [5, 5.41) is 7.93. The smallest absolute Gasteiger partial charge is 0.263 e. The highest BCUT2D eigenvalue weighted by Gasteiger charge is 2.29. The van der Waals surface area contributed by atoms with Gasteiger partial charge in [-0.25, -0.2) is 4.98 Å². The number of aromatic nitrogens is 3. The number of carbonyl (C=O) groups excluding carboxylic acids is 1. The molecular weight excluding hydrogens is 354 g/mol. The molecule has 0 spiro atoms. The van der Waals surface area contributed by atoms with Crippen LogP contribution in [0.15, 0.2) is 28.8 Å². The van der Waals surface area contributed by atoms with Crippen molar-refractivity contribution < 1.29 is 9.32 Å². The van der Waals surface area contributed by atoms with Gasteiger partial charge in [0, 0.05) is 18.8 Å². The lowest BCUT2D eigenvalue weighted by atomic mass is 9.96. The van der Waals surface area contributed by atoms with E-state index in [-0.39, 0.29) is 11.8 Å². The molecule has 0 radical (unpaired) electrons. The Bertz CT molecular complexity index is 996. The summed E-state index contributed by atoms with van der Waals surface area (Å²) in [5.74, 6) is 1.41. The Morgan fingerprint density at radius 3 is 2.79 bits per heavy atom. The first-order chi connectivity index (χ1) is 13.5. The van der Waals surface area contributed by atoms with Crippen LogP contribution in [0.2, 0.25) is 0 Å². The molecule has 7 heteroatoms. The van der Waals surface area contributed by atoms with E-state index in [1.54, 1.807) is 0 Å². The standard InChI is InChI=1S/C21H25N5O2/c1-4-15-7-9-17(10-8-15)24-20(27)16-6-5-11-26(12-16)19-18-13(2)25-28-21(18)23-14(3)22-19/h7-10,16H,4-6,11-12H2,1-3H3,(H,24,27)/t16-/m1/s1. The van der Waals surface area contributed by atoms with Gasteiger partial charge >= 0.3 is 0 Å². The van der Waals surface area contributed by atoms with Gasteiger partial charge in [-0.2, -0.15) is 4.98 Å². The van der Waals surface area contributed by atoms with Gasteiger partial charge in [0.15, 0.2) is 0 Å². The number of hydrogen-bond donors (Lipinski definition) is 1. The Kier molecular flexibility index (Phi) is 4.98. The summed E-state index contributed by atoms with van der Waals surface area (Å²) in [4.78, 5) is 24.0. The molecule has 0 saturated carbocycles. The number of anilines is 2. The predicted molar refractivity (Wildman–Crippen MR) is 108 cm³/mol. The maximum absolute atomic E-state index is 12.8. The molecule has 7 nitrogen and oxygen atoms in total. The van der Waals surface area contributed by atoms with Crippen molar-refractivity contribution in [2.75, 3.05) is 23.3 Å². The fourth-order valence-corrected chi connectivity index (χ4v) is 3.75. The maximum atomic E-state index is 12.8. The van der Waals surface area contributed by atoms with Crippen molar-refractivity contribution in [3.8, 4) is 0 Å². The van der Waals surface area contributed by atoms with E-state index in [4.69, 9.17) is 4.52 Å². The largest absolute Gasteiger partial charge is 0.355 e.